The molecule has 0 saturated heterocycles. The summed E-state index contributed by atoms with van der Waals surface area (Å²) in [5, 5.41) is 14.6. The zero-order chi connectivity index (χ0) is 18.3. The summed E-state index contributed by atoms with van der Waals surface area (Å²) < 4.78 is 5.68. The lowest BCUT2D eigenvalue weighted by Gasteiger charge is -2.08. The number of para-hydroxylation sites is 1. The van der Waals surface area contributed by atoms with E-state index in [-0.39, 0.29) is 0 Å². The molecule has 0 aliphatic heterocycles. The number of guanidine groups is 1. The highest BCUT2D eigenvalue weighted by molar-refractivity contribution is 5.83. The van der Waals surface area contributed by atoms with Gasteiger partial charge in [-0.3, -0.25) is 10.3 Å². The number of nitriles is 1. The number of unbranched alkanes of at least 4 members (excludes halogenated alkanes) is 4. The third kappa shape index (κ3) is 8.15. The Morgan fingerprint density at radius 2 is 1.73 bits per heavy atom. The minimum atomic E-state index is 0.468. The number of nitrogens with one attached hydrogen (secondary N) is 2. The molecule has 0 bridgehead atoms. The van der Waals surface area contributed by atoms with Crippen LogP contribution in [0.25, 0.3) is 0 Å². The minimum Gasteiger partial charge on any atom is -0.494 e. The van der Waals surface area contributed by atoms with Crippen molar-refractivity contribution >= 4 is 11.6 Å². The molecule has 26 heavy (non-hydrogen) atoms. The second-order valence-corrected chi connectivity index (χ2v) is 5.76. The number of aliphatic imine (C=N–C) groups is 1. The van der Waals surface area contributed by atoms with Gasteiger partial charge < -0.3 is 10.1 Å². The molecule has 1 heterocycles. The van der Waals surface area contributed by atoms with E-state index in [1.165, 1.54) is 6.42 Å². The standard InChI is InChI=1S/C20H25N5O/c21-17-24-20(25-18-11-14-22-15-12-18)23-13-7-2-1-3-8-16-26-19-9-5-4-6-10-19/h4-6,9-12,14-15H,1-3,7-8,13,16H2,(H2,22,23,24,25). The average Bonchev–Trinajstić information content (AvgIpc) is 2.68. The van der Waals surface area contributed by atoms with Crippen molar-refractivity contribution in [2.24, 2.45) is 4.99 Å². The summed E-state index contributed by atoms with van der Waals surface area (Å²) >= 11 is 0. The Kier molecular flexibility index (Phi) is 9.12. The topological polar surface area (TPSA) is 82.3 Å². The first-order valence-corrected chi connectivity index (χ1v) is 8.94. The maximum atomic E-state index is 8.81. The smallest absolute Gasteiger partial charge is 0.209 e. The third-order valence-corrected chi connectivity index (χ3v) is 3.70. The van der Waals surface area contributed by atoms with Gasteiger partial charge in [0.2, 0.25) is 5.96 Å². The van der Waals surface area contributed by atoms with Gasteiger partial charge in [0.25, 0.3) is 0 Å². The van der Waals surface area contributed by atoms with Gasteiger partial charge in [-0.25, -0.2) is 4.99 Å². The van der Waals surface area contributed by atoms with Gasteiger partial charge in [0, 0.05) is 18.9 Å². The SMILES string of the molecule is N#CN/C(=N\c1ccncc1)NCCCCCCCOc1ccccc1. The monoisotopic (exact) mass is 351 g/mol. The van der Waals surface area contributed by atoms with E-state index >= 15 is 0 Å². The van der Waals surface area contributed by atoms with Gasteiger partial charge in [0.1, 0.15) is 5.75 Å². The Bertz CT molecular complexity index is 682. The van der Waals surface area contributed by atoms with Crippen LogP contribution in [0.3, 0.4) is 0 Å². The molecule has 1 aromatic heterocycles. The van der Waals surface area contributed by atoms with Crippen molar-refractivity contribution in [3.05, 3.63) is 54.9 Å². The van der Waals surface area contributed by atoms with Crippen molar-refractivity contribution in [1.29, 1.82) is 5.26 Å². The lowest BCUT2D eigenvalue weighted by Crippen LogP contribution is -2.34. The van der Waals surface area contributed by atoms with Gasteiger partial charge in [-0.1, -0.05) is 37.5 Å². The summed E-state index contributed by atoms with van der Waals surface area (Å²) in [4.78, 5) is 8.30. The molecule has 0 fully saturated rings. The molecule has 0 aliphatic carbocycles. The summed E-state index contributed by atoms with van der Waals surface area (Å²) in [6.45, 7) is 1.54. The molecule has 0 amide bonds. The summed E-state index contributed by atoms with van der Waals surface area (Å²) in [5.74, 6) is 1.40. The normalized spacial score (nSPS) is 10.8. The number of hydrogen-bond donors (Lipinski definition) is 2. The molecule has 0 aliphatic rings. The van der Waals surface area contributed by atoms with Gasteiger partial charge in [0.05, 0.1) is 12.3 Å². The fourth-order valence-electron chi connectivity index (χ4n) is 2.38. The molecule has 136 valence electrons. The van der Waals surface area contributed by atoms with E-state index in [0.717, 1.165) is 50.3 Å². The molecule has 6 heteroatoms. The Hall–Kier alpha value is -3.07. The van der Waals surface area contributed by atoms with E-state index in [2.05, 4.69) is 20.6 Å². The van der Waals surface area contributed by atoms with Gasteiger partial charge in [0.15, 0.2) is 6.19 Å². The summed E-state index contributed by atoms with van der Waals surface area (Å²) in [6.07, 6.45) is 10.8. The Morgan fingerprint density at radius 3 is 2.50 bits per heavy atom. The number of rotatable bonds is 10. The molecule has 0 saturated carbocycles. The number of nitrogens with zero attached hydrogens (tertiary/aromatic N) is 3. The maximum Gasteiger partial charge on any atom is 0.209 e. The van der Waals surface area contributed by atoms with E-state index in [1.54, 1.807) is 24.5 Å². The van der Waals surface area contributed by atoms with E-state index in [9.17, 15) is 0 Å². The van der Waals surface area contributed by atoms with Crippen LogP contribution in [-0.2, 0) is 0 Å². The first-order valence-electron chi connectivity index (χ1n) is 8.94. The Morgan fingerprint density at radius 1 is 1.00 bits per heavy atom. The second-order valence-electron chi connectivity index (χ2n) is 5.76. The molecular formula is C20H25N5O. The van der Waals surface area contributed by atoms with Crippen LogP contribution in [-0.4, -0.2) is 24.1 Å². The van der Waals surface area contributed by atoms with Gasteiger partial charge in [-0.05, 0) is 37.1 Å². The summed E-state index contributed by atoms with van der Waals surface area (Å²) in [7, 11) is 0. The number of pyridine rings is 1. The first kappa shape index (κ1) is 19.3. The first-order chi connectivity index (χ1) is 12.9. The van der Waals surface area contributed by atoms with Crippen LogP contribution in [0, 0.1) is 11.5 Å². The molecule has 0 atom stereocenters. The number of ether oxygens (including phenoxy) is 1. The number of benzene rings is 1. The van der Waals surface area contributed by atoms with E-state index in [0.29, 0.717) is 5.96 Å². The summed E-state index contributed by atoms with van der Waals surface area (Å²) in [5.41, 5.74) is 0.753. The largest absolute Gasteiger partial charge is 0.494 e. The fraction of sp³-hybridized carbons (Fsp3) is 0.350. The maximum absolute atomic E-state index is 8.81. The van der Waals surface area contributed by atoms with Crippen LogP contribution >= 0.6 is 0 Å². The van der Waals surface area contributed by atoms with Gasteiger partial charge in [-0.15, -0.1) is 0 Å². The van der Waals surface area contributed by atoms with E-state index in [4.69, 9.17) is 10.00 Å². The van der Waals surface area contributed by atoms with E-state index < -0.39 is 0 Å². The van der Waals surface area contributed by atoms with Crippen LogP contribution in [0.15, 0.2) is 59.9 Å². The molecule has 6 nitrogen and oxygen atoms in total. The highest BCUT2D eigenvalue weighted by Gasteiger charge is 1.98. The highest BCUT2D eigenvalue weighted by atomic mass is 16.5. The zero-order valence-electron chi connectivity index (χ0n) is 14.9. The number of aromatic nitrogens is 1. The van der Waals surface area contributed by atoms with Crippen molar-refractivity contribution in [3.8, 4) is 11.9 Å². The minimum absolute atomic E-state index is 0.468. The summed E-state index contributed by atoms with van der Waals surface area (Å²) in [6, 6.07) is 13.5. The second kappa shape index (κ2) is 12.3. The van der Waals surface area contributed by atoms with Crippen LogP contribution in [0.4, 0.5) is 5.69 Å². The van der Waals surface area contributed by atoms with Crippen LogP contribution in [0.2, 0.25) is 0 Å². The molecule has 0 unspecified atom stereocenters. The Balaban J connectivity index is 1.53. The van der Waals surface area contributed by atoms with Crippen molar-refractivity contribution in [3.63, 3.8) is 0 Å². The lowest BCUT2D eigenvalue weighted by molar-refractivity contribution is 0.304. The average molecular weight is 351 g/mol. The molecular weight excluding hydrogens is 326 g/mol. The van der Waals surface area contributed by atoms with Crippen LogP contribution in [0.5, 0.6) is 5.75 Å². The van der Waals surface area contributed by atoms with Crippen molar-refractivity contribution in [2.45, 2.75) is 32.1 Å². The molecule has 0 radical (unpaired) electrons. The molecule has 2 N–H and O–H groups in total. The van der Waals surface area contributed by atoms with Gasteiger partial charge in [-0.2, -0.15) is 5.26 Å². The van der Waals surface area contributed by atoms with Crippen LogP contribution in [0.1, 0.15) is 32.1 Å². The molecule has 0 spiro atoms. The zero-order valence-corrected chi connectivity index (χ0v) is 14.9. The number of hydrogen-bond acceptors (Lipinski definition) is 4. The Labute approximate surface area is 154 Å². The van der Waals surface area contributed by atoms with Gasteiger partial charge >= 0.3 is 0 Å². The lowest BCUT2D eigenvalue weighted by atomic mass is 10.1. The fourth-order valence-corrected chi connectivity index (χ4v) is 2.38. The quantitative estimate of drug-likeness (QED) is 0.224. The molecule has 2 rings (SSSR count). The third-order valence-electron chi connectivity index (χ3n) is 3.70. The molecule has 2 aromatic rings. The van der Waals surface area contributed by atoms with Crippen molar-refractivity contribution in [1.82, 2.24) is 15.6 Å². The van der Waals surface area contributed by atoms with E-state index in [1.807, 2.05) is 36.5 Å². The highest BCUT2D eigenvalue weighted by Crippen LogP contribution is 2.10. The van der Waals surface area contributed by atoms with Crippen LogP contribution < -0.4 is 15.4 Å². The predicted molar refractivity (Wildman–Crippen MR) is 103 cm³/mol. The van der Waals surface area contributed by atoms with Crippen molar-refractivity contribution < 1.29 is 4.74 Å². The predicted octanol–water partition coefficient (Wildman–Crippen LogP) is 3.76. The molecule has 1 aromatic carbocycles. The van der Waals surface area contributed by atoms with Crippen molar-refractivity contribution in [2.75, 3.05) is 13.2 Å².